The highest BCUT2D eigenvalue weighted by Gasteiger charge is 2.29. The third-order valence-electron chi connectivity index (χ3n) is 5.82. The Balaban J connectivity index is 1.80. The molecule has 10 heteroatoms. The number of ether oxygens (including phenoxy) is 2. The van der Waals surface area contributed by atoms with Gasteiger partial charge in [0.25, 0.3) is 5.91 Å². The number of hydrogen-bond donors (Lipinski definition) is 1. The predicted molar refractivity (Wildman–Crippen MR) is 131 cm³/mol. The number of aryl methyl sites for hydroxylation is 1. The van der Waals surface area contributed by atoms with Crippen LogP contribution in [0.1, 0.15) is 65.7 Å². The third-order valence-corrected chi connectivity index (χ3v) is 6.98. The molecule has 1 aromatic heterocycles. The summed E-state index contributed by atoms with van der Waals surface area (Å²) in [5, 5.41) is 7.71. The molecule has 1 aromatic carbocycles. The van der Waals surface area contributed by atoms with E-state index >= 15 is 0 Å². The van der Waals surface area contributed by atoms with Crippen LogP contribution in [0.3, 0.4) is 0 Å². The Hall–Kier alpha value is -2.72. The van der Waals surface area contributed by atoms with Crippen LogP contribution in [0.2, 0.25) is 0 Å². The van der Waals surface area contributed by atoms with Gasteiger partial charge in [0.15, 0.2) is 9.84 Å². The van der Waals surface area contributed by atoms with Crippen LogP contribution in [0.15, 0.2) is 29.2 Å². The lowest BCUT2D eigenvalue weighted by atomic mass is 9.94. The van der Waals surface area contributed by atoms with Crippen molar-refractivity contribution >= 4 is 21.7 Å². The zero-order chi connectivity index (χ0) is 25.6. The van der Waals surface area contributed by atoms with Gasteiger partial charge in [-0.1, -0.05) is 32.9 Å². The number of rotatable bonds is 7. The molecule has 3 rings (SSSR count). The molecule has 0 bridgehead atoms. The van der Waals surface area contributed by atoms with E-state index in [0.29, 0.717) is 44.7 Å². The lowest BCUT2D eigenvalue weighted by molar-refractivity contribution is 0.0300. The second kappa shape index (κ2) is 11.3. The lowest BCUT2D eigenvalue weighted by Crippen LogP contribution is -2.29. The van der Waals surface area contributed by atoms with Crippen LogP contribution >= 0.6 is 0 Å². The summed E-state index contributed by atoms with van der Waals surface area (Å²) in [5.74, 6) is -0.809. The van der Waals surface area contributed by atoms with Gasteiger partial charge < -0.3 is 14.8 Å². The minimum atomic E-state index is -3.57. The van der Waals surface area contributed by atoms with E-state index in [1.54, 1.807) is 12.1 Å². The first-order chi connectivity index (χ1) is 16.5. The molecule has 0 spiro atoms. The van der Waals surface area contributed by atoms with E-state index in [2.05, 4.69) is 5.32 Å². The number of nitrogens with zero attached hydrogens (tertiary/aromatic N) is 2. The van der Waals surface area contributed by atoms with E-state index < -0.39 is 21.2 Å². The Morgan fingerprint density at radius 2 is 1.94 bits per heavy atom. The van der Waals surface area contributed by atoms with Crippen molar-refractivity contribution in [2.45, 2.75) is 57.9 Å². The molecule has 1 aliphatic heterocycles. The Kier molecular flexibility index (Phi) is 8.71. The van der Waals surface area contributed by atoms with Gasteiger partial charge in [-0.3, -0.25) is 9.48 Å². The van der Waals surface area contributed by atoms with Crippen LogP contribution in [-0.2, 0) is 38.7 Å². The summed E-state index contributed by atoms with van der Waals surface area (Å²) in [6.07, 6.45) is 3.86. The number of carbonyl (C=O) groups is 2. The van der Waals surface area contributed by atoms with Gasteiger partial charge in [0.05, 0.1) is 34.0 Å². The Morgan fingerprint density at radius 3 is 2.66 bits per heavy atom. The van der Waals surface area contributed by atoms with Crippen LogP contribution < -0.4 is 5.32 Å². The molecule has 0 aliphatic carbocycles. The van der Waals surface area contributed by atoms with Crippen molar-refractivity contribution in [1.82, 2.24) is 15.1 Å². The van der Waals surface area contributed by atoms with Crippen molar-refractivity contribution in [2.75, 3.05) is 32.6 Å². The van der Waals surface area contributed by atoms with Gasteiger partial charge in [-0.25, -0.2) is 13.2 Å². The molecule has 1 N–H and O–H groups in total. The number of amides is 1. The van der Waals surface area contributed by atoms with Gasteiger partial charge in [-0.2, -0.15) is 5.10 Å². The number of nitrogens with one attached hydrogen (secondary N) is 1. The van der Waals surface area contributed by atoms with Gasteiger partial charge in [0.1, 0.15) is 0 Å². The number of carbonyl (C=O) groups excluding carboxylic acids is 2. The van der Waals surface area contributed by atoms with Crippen molar-refractivity contribution < 1.29 is 27.5 Å². The van der Waals surface area contributed by atoms with E-state index in [0.717, 1.165) is 30.5 Å². The molecule has 2 heterocycles. The van der Waals surface area contributed by atoms with Crippen LogP contribution in [0.25, 0.3) is 0 Å². The van der Waals surface area contributed by atoms with Crippen molar-refractivity contribution in [3.63, 3.8) is 0 Å². The van der Waals surface area contributed by atoms with Gasteiger partial charge in [0.2, 0.25) is 0 Å². The molecule has 2 aromatic rings. The number of fused-ring (bicyclic) bond motifs is 1. The lowest BCUT2D eigenvalue weighted by Gasteiger charge is -2.25. The molecule has 9 nitrogen and oxygen atoms in total. The zero-order valence-corrected chi connectivity index (χ0v) is 21.7. The number of sulfone groups is 1. The smallest absolute Gasteiger partial charge is 0.339 e. The topological polar surface area (TPSA) is 117 Å². The highest BCUT2D eigenvalue weighted by molar-refractivity contribution is 7.90. The summed E-state index contributed by atoms with van der Waals surface area (Å²) in [6, 6.07) is 6.02. The molecule has 192 valence electrons. The predicted octanol–water partition coefficient (Wildman–Crippen LogP) is 2.81. The fraction of sp³-hybridized carbons (Fsp3) is 0.560. The number of hydrogen-bond acceptors (Lipinski definition) is 7. The van der Waals surface area contributed by atoms with Crippen molar-refractivity contribution in [3.8, 4) is 0 Å². The number of benzene rings is 1. The maximum absolute atomic E-state index is 13.0. The molecule has 0 radical (unpaired) electrons. The van der Waals surface area contributed by atoms with Crippen molar-refractivity contribution in [3.05, 3.63) is 46.8 Å². The SMILES string of the molecule is CCc1nn(CC(C)(C)COC(=O)c2ccccc2S(C)(=O)=O)c2c1C(=O)NCCCOCCC2. The van der Waals surface area contributed by atoms with Crippen LogP contribution in [-0.4, -0.2) is 62.7 Å². The first-order valence-corrected chi connectivity index (χ1v) is 13.8. The van der Waals surface area contributed by atoms with E-state index in [1.165, 1.54) is 12.1 Å². The Labute approximate surface area is 207 Å². The summed E-state index contributed by atoms with van der Waals surface area (Å²) >= 11 is 0. The normalized spacial score (nSPS) is 15.6. The highest BCUT2D eigenvalue weighted by atomic mass is 32.2. The van der Waals surface area contributed by atoms with E-state index in [4.69, 9.17) is 14.6 Å². The molecular formula is C25H35N3O6S. The standard InChI is InChI=1S/C25H35N3O6S/c1-5-19-22-20(11-8-14-33-15-9-13-26-23(22)29)28(27-19)16-25(2,3)17-34-24(30)18-10-6-7-12-21(18)35(4,31)32/h6-7,10,12H,5,8-9,11,13-17H2,1-4H3,(H,26,29). The summed E-state index contributed by atoms with van der Waals surface area (Å²) in [5.41, 5.74) is 1.71. The van der Waals surface area contributed by atoms with E-state index in [1.807, 2.05) is 25.5 Å². The van der Waals surface area contributed by atoms with Crippen LogP contribution in [0.5, 0.6) is 0 Å². The molecule has 0 saturated heterocycles. The molecular weight excluding hydrogens is 470 g/mol. The van der Waals surface area contributed by atoms with Crippen molar-refractivity contribution in [1.29, 1.82) is 0 Å². The van der Waals surface area contributed by atoms with Crippen molar-refractivity contribution in [2.24, 2.45) is 5.41 Å². The maximum Gasteiger partial charge on any atom is 0.339 e. The van der Waals surface area contributed by atoms with E-state index in [-0.39, 0.29) is 23.0 Å². The maximum atomic E-state index is 13.0. The molecule has 1 aliphatic rings. The summed E-state index contributed by atoms with van der Waals surface area (Å²) in [7, 11) is -3.57. The van der Waals surface area contributed by atoms with Gasteiger partial charge >= 0.3 is 5.97 Å². The van der Waals surface area contributed by atoms with Crippen LogP contribution in [0, 0.1) is 5.41 Å². The molecule has 35 heavy (non-hydrogen) atoms. The summed E-state index contributed by atoms with van der Waals surface area (Å²) in [6.45, 7) is 8.10. The number of esters is 1. The average molecular weight is 506 g/mol. The van der Waals surface area contributed by atoms with Gasteiger partial charge in [-0.15, -0.1) is 0 Å². The molecule has 0 fully saturated rings. The minimum absolute atomic E-state index is 0.0170. The summed E-state index contributed by atoms with van der Waals surface area (Å²) < 4.78 is 37.2. The first-order valence-electron chi connectivity index (χ1n) is 11.9. The summed E-state index contributed by atoms with van der Waals surface area (Å²) in [4.78, 5) is 25.6. The molecule has 0 saturated carbocycles. The largest absolute Gasteiger partial charge is 0.461 e. The highest BCUT2D eigenvalue weighted by Crippen LogP contribution is 2.25. The Bertz CT molecular complexity index is 1170. The average Bonchev–Trinajstić information content (AvgIpc) is 3.12. The molecule has 0 atom stereocenters. The molecule has 0 unspecified atom stereocenters. The number of aromatic nitrogens is 2. The second-order valence-electron chi connectivity index (χ2n) is 9.61. The van der Waals surface area contributed by atoms with Gasteiger partial charge in [0, 0.05) is 38.0 Å². The van der Waals surface area contributed by atoms with Gasteiger partial charge in [-0.05, 0) is 37.8 Å². The first kappa shape index (κ1) is 26.9. The second-order valence-corrected chi connectivity index (χ2v) is 11.6. The fourth-order valence-corrected chi connectivity index (χ4v) is 4.98. The van der Waals surface area contributed by atoms with E-state index in [9.17, 15) is 18.0 Å². The van der Waals surface area contributed by atoms with Crippen LogP contribution in [0.4, 0.5) is 0 Å². The molecule has 1 amide bonds. The monoisotopic (exact) mass is 505 g/mol. The zero-order valence-electron chi connectivity index (χ0n) is 20.9. The third kappa shape index (κ3) is 6.91. The fourth-order valence-electron chi connectivity index (χ4n) is 4.10. The minimum Gasteiger partial charge on any atom is -0.461 e. The quantitative estimate of drug-likeness (QED) is 0.575. The Morgan fingerprint density at radius 1 is 1.23 bits per heavy atom.